The first-order valence-corrected chi connectivity index (χ1v) is 9.56. The van der Waals surface area contributed by atoms with E-state index in [1.165, 1.54) is 11.3 Å². The van der Waals surface area contributed by atoms with Gasteiger partial charge in [-0.1, -0.05) is 17.4 Å². The fourth-order valence-corrected chi connectivity index (χ4v) is 3.07. The molecule has 0 bridgehead atoms. The summed E-state index contributed by atoms with van der Waals surface area (Å²) >= 11 is 7.00. The maximum absolute atomic E-state index is 12.5. The largest absolute Gasteiger partial charge is 0.497 e. The molecule has 3 aromatic rings. The average Bonchev–Trinajstić information content (AvgIpc) is 3.16. The average molecular weight is 417 g/mol. The quantitative estimate of drug-likeness (QED) is 0.591. The van der Waals surface area contributed by atoms with Gasteiger partial charge in [0, 0.05) is 16.8 Å². The van der Waals surface area contributed by atoms with E-state index in [-0.39, 0.29) is 11.8 Å². The molecule has 0 saturated heterocycles. The smallest absolute Gasteiger partial charge is 0.257 e. The van der Waals surface area contributed by atoms with E-state index in [2.05, 4.69) is 20.8 Å². The minimum absolute atomic E-state index is 0.340. The Morgan fingerprint density at radius 3 is 2.54 bits per heavy atom. The molecule has 3 rings (SSSR count). The van der Waals surface area contributed by atoms with Crippen LogP contribution >= 0.6 is 22.9 Å². The maximum atomic E-state index is 12.5. The molecule has 0 radical (unpaired) electrons. The van der Waals surface area contributed by atoms with Gasteiger partial charge in [-0.3, -0.25) is 14.9 Å². The number of rotatable bonds is 6. The molecular formula is C19H17ClN4O3S. The third-order valence-electron chi connectivity index (χ3n) is 3.74. The Hall–Kier alpha value is -2.97. The zero-order chi connectivity index (χ0) is 20.1. The summed E-state index contributed by atoms with van der Waals surface area (Å²) in [5.74, 6) is 0.0530. The number of methoxy groups -OCH3 is 1. The van der Waals surface area contributed by atoms with Crippen molar-refractivity contribution in [1.29, 1.82) is 0 Å². The number of nitrogens with one attached hydrogen (secondary N) is 2. The molecule has 144 valence electrons. The van der Waals surface area contributed by atoms with Gasteiger partial charge in [0.2, 0.25) is 11.0 Å². The molecule has 1 aromatic heterocycles. The van der Waals surface area contributed by atoms with E-state index in [1.807, 2.05) is 24.3 Å². The second-order valence-electron chi connectivity index (χ2n) is 5.78. The number of nitrogens with zero attached hydrogens (tertiary/aromatic N) is 2. The van der Waals surface area contributed by atoms with Crippen molar-refractivity contribution in [3.8, 4) is 16.3 Å². The number of aromatic nitrogens is 2. The number of anilines is 2. The zero-order valence-corrected chi connectivity index (χ0v) is 16.7. The van der Waals surface area contributed by atoms with E-state index in [4.69, 9.17) is 16.3 Å². The Morgan fingerprint density at radius 2 is 1.86 bits per heavy atom. The molecule has 2 amide bonds. The standard InChI is InChI=1S/C19H17ClN4O3S/c1-11(20)16(25)21-14-5-3-4-13(10-14)17(26)22-19-24-23-18(28-19)12-6-8-15(27-2)9-7-12/h3-11H,1-2H3,(H,21,25)(H,22,24,26)/t11-/m0/s1. The van der Waals surface area contributed by atoms with E-state index in [0.29, 0.717) is 21.4 Å². The highest BCUT2D eigenvalue weighted by Gasteiger charge is 2.14. The van der Waals surface area contributed by atoms with Gasteiger partial charge in [-0.15, -0.1) is 21.8 Å². The van der Waals surface area contributed by atoms with Gasteiger partial charge in [-0.2, -0.15) is 0 Å². The Bertz CT molecular complexity index is 989. The SMILES string of the molecule is COc1ccc(-c2nnc(NC(=O)c3cccc(NC(=O)[C@H](C)Cl)c3)s2)cc1. The van der Waals surface area contributed by atoms with Gasteiger partial charge in [-0.25, -0.2) is 0 Å². The summed E-state index contributed by atoms with van der Waals surface area (Å²) in [7, 11) is 1.60. The van der Waals surface area contributed by atoms with Gasteiger partial charge in [0.1, 0.15) is 16.1 Å². The highest BCUT2D eigenvalue weighted by Crippen LogP contribution is 2.28. The molecule has 0 aliphatic rings. The molecule has 0 aliphatic heterocycles. The number of benzene rings is 2. The maximum Gasteiger partial charge on any atom is 0.257 e. The minimum atomic E-state index is -0.671. The molecule has 0 unspecified atom stereocenters. The normalized spacial score (nSPS) is 11.5. The summed E-state index contributed by atoms with van der Waals surface area (Å²) in [5.41, 5.74) is 1.74. The summed E-state index contributed by atoms with van der Waals surface area (Å²) in [6.07, 6.45) is 0. The Morgan fingerprint density at radius 1 is 1.11 bits per heavy atom. The van der Waals surface area contributed by atoms with E-state index in [1.54, 1.807) is 38.3 Å². The number of amides is 2. The van der Waals surface area contributed by atoms with Crippen LogP contribution in [0.25, 0.3) is 10.6 Å². The van der Waals surface area contributed by atoms with Crippen LogP contribution in [0.1, 0.15) is 17.3 Å². The van der Waals surface area contributed by atoms with Crippen molar-refractivity contribution >= 4 is 45.6 Å². The molecule has 2 N–H and O–H groups in total. The fraction of sp³-hybridized carbons (Fsp3) is 0.158. The van der Waals surface area contributed by atoms with Crippen LogP contribution in [0.15, 0.2) is 48.5 Å². The first-order valence-electron chi connectivity index (χ1n) is 8.30. The molecule has 0 fully saturated rings. The van der Waals surface area contributed by atoms with Crippen LogP contribution in [0.4, 0.5) is 10.8 Å². The Kier molecular flexibility index (Phi) is 6.23. The monoisotopic (exact) mass is 416 g/mol. The molecule has 9 heteroatoms. The number of carbonyl (C=O) groups is 2. The number of alkyl halides is 1. The van der Waals surface area contributed by atoms with Crippen molar-refractivity contribution in [1.82, 2.24) is 10.2 Å². The lowest BCUT2D eigenvalue weighted by Crippen LogP contribution is -2.20. The number of hydrogen-bond acceptors (Lipinski definition) is 6. The van der Waals surface area contributed by atoms with Crippen molar-refractivity contribution in [2.75, 3.05) is 17.7 Å². The number of ether oxygens (including phenoxy) is 1. The van der Waals surface area contributed by atoms with Gasteiger partial charge in [0.05, 0.1) is 7.11 Å². The zero-order valence-electron chi connectivity index (χ0n) is 15.1. The lowest BCUT2D eigenvalue weighted by Gasteiger charge is -2.08. The van der Waals surface area contributed by atoms with Crippen molar-refractivity contribution in [2.45, 2.75) is 12.3 Å². The molecule has 28 heavy (non-hydrogen) atoms. The Balaban J connectivity index is 1.69. The first-order chi connectivity index (χ1) is 13.5. The van der Waals surface area contributed by atoms with E-state index >= 15 is 0 Å². The second kappa shape index (κ2) is 8.81. The molecule has 0 aliphatic carbocycles. The minimum Gasteiger partial charge on any atom is -0.497 e. The fourth-order valence-electron chi connectivity index (χ4n) is 2.27. The third kappa shape index (κ3) is 4.85. The van der Waals surface area contributed by atoms with Crippen molar-refractivity contribution < 1.29 is 14.3 Å². The predicted octanol–water partition coefficient (Wildman–Crippen LogP) is 4.03. The van der Waals surface area contributed by atoms with Gasteiger partial charge >= 0.3 is 0 Å². The van der Waals surface area contributed by atoms with Crippen LogP contribution < -0.4 is 15.4 Å². The first kappa shape index (κ1) is 19.8. The van der Waals surface area contributed by atoms with Crippen molar-refractivity contribution in [3.05, 3.63) is 54.1 Å². The van der Waals surface area contributed by atoms with Gasteiger partial charge in [0.15, 0.2) is 0 Å². The summed E-state index contributed by atoms with van der Waals surface area (Å²) in [4.78, 5) is 24.2. The van der Waals surface area contributed by atoms with Crippen LogP contribution in [-0.4, -0.2) is 34.5 Å². The summed E-state index contributed by atoms with van der Waals surface area (Å²) in [5, 5.41) is 13.9. The van der Waals surface area contributed by atoms with E-state index < -0.39 is 5.38 Å². The van der Waals surface area contributed by atoms with Crippen LogP contribution in [0.5, 0.6) is 5.75 Å². The lowest BCUT2D eigenvalue weighted by molar-refractivity contribution is -0.115. The number of hydrogen-bond donors (Lipinski definition) is 2. The number of carbonyl (C=O) groups excluding carboxylic acids is 2. The van der Waals surface area contributed by atoms with Gasteiger partial charge in [0.25, 0.3) is 5.91 Å². The molecule has 0 saturated carbocycles. The molecule has 1 heterocycles. The summed E-state index contributed by atoms with van der Waals surface area (Å²) in [6, 6.07) is 14.0. The molecule has 2 aromatic carbocycles. The molecule has 0 spiro atoms. The number of halogens is 1. The summed E-state index contributed by atoms with van der Waals surface area (Å²) < 4.78 is 5.14. The highest BCUT2D eigenvalue weighted by atomic mass is 35.5. The van der Waals surface area contributed by atoms with Crippen molar-refractivity contribution in [2.24, 2.45) is 0 Å². The van der Waals surface area contributed by atoms with Crippen molar-refractivity contribution in [3.63, 3.8) is 0 Å². The van der Waals surface area contributed by atoms with Gasteiger partial charge in [-0.05, 0) is 49.4 Å². The molecule has 7 nitrogen and oxygen atoms in total. The Labute approximate surface area is 170 Å². The molecular weight excluding hydrogens is 400 g/mol. The second-order valence-corrected chi connectivity index (χ2v) is 7.41. The van der Waals surface area contributed by atoms with E-state index in [0.717, 1.165) is 11.3 Å². The lowest BCUT2D eigenvalue weighted by atomic mass is 10.2. The van der Waals surface area contributed by atoms with Crippen LogP contribution in [-0.2, 0) is 4.79 Å². The van der Waals surface area contributed by atoms with Gasteiger partial charge < -0.3 is 10.1 Å². The highest BCUT2D eigenvalue weighted by molar-refractivity contribution is 7.18. The molecule has 1 atom stereocenters. The van der Waals surface area contributed by atoms with Crippen LogP contribution in [0.3, 0.4) is 0 Å². The predicted molar refractivity (Wildman–Crippen MR) is 110 cm³/mol. The van der Waals surface area contributed by atoms with Crippen LogP contribution in [0.2, 0.25) is 0 Å². The third-order valence-corrected chi connectivity index (χ3v) is 4.82. The van der Waals surface area contributed by atoms with E-state index in [9.17, 15) is 9.59 Å². The van der Waals surface area contributed by atoms with Crippen LogP contribution in [0, 0.1) is 0 Å². The summed E-state index contributed by atoms with van der Waals surface area (Å²) in [6.45, 7) is 1.57. The topological polar surface area (TPSA) is 93.2 Å².